The van der Waals surface area contributed by atoms with Crippen LogP contribution >= 0.6 is 0 Å². The minimum Gasteiger partial charge on any atom is -0.354 e. The highest BCUT2D eigenvalue weighted by atomic mass is 16.1. The number of nitrogens with zero attached hydrogens (tertiary/aromatic N) is 4. The zero-order valence-corrected chi connectivity index (χ0v) is 13.9. The molecule has 0 aromatic carbocycles. The summed E-state index contributed by atoms with van der Waals surface area (Å²) in [7, 11) is 0. The second-order valence-electron chi connectivity index (χ2n) is 5.71. The lowest BCUT2D eigenvalue weighted by molar-refractivity contribution is -0.121. The molecule has 2 aromatic heterocycles. The molecule has 6 nitrogen and oxygen atoms in total. The lowest BCUT2D eigenvalue weighted by atomic mass is 10.3. The smallest absolute Gasteiger partial charge is 0.220 e. The predicted molar refractivity (Wildman–Crippen MR) is 85.6 cm³/mol. The summed E-state index contributed by atoms with van der Waals surface area (Å²) in [6, 6.07) is 2.05. The minimum atomic E-state index is 0.0935. The Morgan fingerprint density at radius 2 is 2.00 bits per heavy atom. The normalized spacial score (nSPS) is 10.9. The van der Waals surface area contributed by atoms with Gasteiger partial charge in [-0.05, 0) is 40.2 Å². The van der Waals surface area contributed by atoms with E-state index in [1.165, 1.54) is 0 Å². The van der Waals surface area contributed by atoms with Crippen LogP contribution in [0.1, 0.15) is 35.6 Å². The average Bonchev–Trinajstić information content (AvgIpc) is 2.95. The van der Waals surface area contributed by atoms with Crippen molar-refractivity contribution in [1.29, 1.82) is 0 Å². The van der Waals surface area contributed by atoms with Crippen molar-refractivity contribution in [3.05, 3.63) is 35.2 Å². The molecule has 1 amide bonds. The number of rotatable bonds is 7. The number of imidazole rings is 1. The van der Waals surface area contributed by atoms with Gasteiger partial charge in [-0.15, -0.1) is 0 Å². The summed E-state index contributed by atoms with van der Waals surface area (Å²) >= 11 is 0. The number of aryl methyl sites for hydroxylation is 4. The van der Waals surface area contributed by atoms with E-state index in [4.69, 9.17) is 0 Å². The van der Waals surface area contributed by atoms with E-state index in [0.29, 0.717) is 13.0 Å². The quantitative estimate of drug-likeness (QED) is 0.850. The number of aromatic nitrogens is 4. The Kier molecular flexibility index (Phi) is 5.35. The van der Waals surface area contributed by atoms with Gasteiger partial charge in [0, 0.05) is 37.4 Å². The zero-order chi connectivity index (χ0) is 16.1. The molecule has 0 aliphatic heterocycles. The summed E-state index contributed by atoms with van der Waals surface area (Å²) in [6.07, 6.45) is 3.15. The van der Waals surface area contributed by atoms with Crippen LogP contribution in [-0.4, -0.2) is 31.8 Å². The third-order valence-corrected chi connectivity index (χ3v) is 3.90. The monoisotopic (exact) mass is 303 g/mol. The van der Waals surface area contributed by atoms with Crippen LogP contribution in [-0.2, 0) is 17.9 Å². The first-order valence-electron chi connectivity index (χ1n) is 7.73. The van der Waals surface area contributed by atoms with Crippen molar-refractivity contribution in [2.45, 2.75) is 53.6 Å². The van der Waals surface area contributed by atoms with Gasteiger partial charge in [0.05, 0.1) is 17.7 Å². The van der Waals surface area contributed by atoms with Crippen LogP contribution in [0.4, 0.5) is 0 Å². The molecule has 22 heavy (non-hydrogen) atoms. The van der Waals surface area contributed by atoms with E-state index in [0.717, 1.165) is 42.3 Å². The highest BCUT2D eigenvalue weighted by molar-refractivity contribution is 5.75. The van der Waals surface area contributed by atoms with Gasteiger partial charge in [0.25, 0.3) is 0 Å². The third-order valence-electron chi connectivity index (χ3n) is 3.90. The fraction of sp³-hybridized carbons (Fsp3) is 0.562. The lowest BCUT2D eigenvalue weighted by Crippen LogP contribution is -2.27. The van der Waals surface area contributed by atoms with Gasteiger partial charge in [-0.2, -0.15) is 5.10 Å². The summed E-state index contributed by atoms with van der Waals surface area (Å²) < 4.78 is 4.02. The molecule has 0 saturated carbocycles. The van der Waals surface area contributed by atoms with Crippen molar-refractivity contribution in [2.75, 3.05) is 6.54 Å². The van der Waals surface area contributed by atoms with E-state index >= 15 is 0 Å². The summed E-state index contributed by atoms with van der Waals surface area (Å²) in [6.45, 7) is 10.2. The maximum atomic E-state index is 11.8. The van der Waals surface area contributed by atoms with E-state index in [2.05, 4.69) is 26.0 Å². The number of carbonyl (C=O) groups excluding carboxylic acids is 1. The zero-order valence-electron chi connectivity index (χ0n) is 13.9. The highest BCUT2D eigenvalue weighted by Crippen LogP contribution is 2.04. The van der Waals surface area contributed by atoms with Gasteiger partial charge in [0.15, 0.2) is 0 Å². The van der Waals surface area contributed by atoms with Crippen LogP contribution in [0.15, 0.2) is 12.4 Å². The van der Waals surface area contributed by atoms with Crippen molar-refractivity contribution in [1.82, 2.24) is 24.6 Å². The first-order valence-corrected chi connectivity index (χ1v) is 7.73. The van der Waals surface area contributed by atoms with E-state index in [1.807, 2.05) is 38.7 Å². The predicted octanol–water partition coefficient (Wildman–Crippen LogP) is 1.91. The number of amides is 1. The standard InChI is InChI=1S/C16H25N5O/c1-12-10-13(2)21(19-12)8-5-6-16(22)17-7-9-20-11-18-14(3)15(20)4/h10-11H,5-9H2,1-4H3,(H,17,22). The minimum absolute atomic E-state index is 0.0935. The first kappa shape index (κ1) is 16.3. The van der Waals surface area contributed by atoms with Crippen LogP contribution in [0, 0.1) is 27.7 Å². The van der Waals surface area contributed by atoms with Gasteiger partial charge in [-0.3, -0.25) is 9.48 Å². The second kappa shape index (κ2) is 7.24. The number of nitrogens with one attached hydrogen (secondary N) is 1. The third kappa shape index (κ3) is 4.19. The van der Waals surface area contributed by atoms with E-state index in [9.17, 15) is 4.79 Å². The van der Waals surface area contributed by atoms with Crippen molar-refractivity contribution in [3.8, 4) is 0 Å². The molecule has 0 saturated heterocycles. The Balaban J connectivity index is 1.66. The van der Waals surface area contributed by atoms with Gasteiger partial charge in [0.1, 0.15) is 0 Å². The summed E-state index contributed by atoms with van der Waals surface area (Å²) in [5, 5.41) is 7.35. The number of hydrogen-bond donors (Lipinski definition) is 1. The van der Waals surface area contributed by atoms with E-state index in [1.54, 1.807) is 0 Å². The van der Waals surface area contributed by atoms with Crippen molar-refractivity contribution in [2.24, 2.45) is 0 Å². The SMILES string of the molecule is Cc1cc(C)n(CCCC(=O)NCCn2cnc(C)c2C)n1. The molecule has 2 heterocycles. The molecular weight excluding hydrogens is 278 g/mol. The van der Waals surface area contributed by atoms with Crippen LogP contribution in [0.3, 0.4) is 0 Å². The van der Waals surface area contributed by atoms with Crippen LogP contribution in [0.5, 0.6) is 0 Å². The van der Waals surface area contributed by atoms with Gasteiger partial charge in [0.2, 0.25) is 5.91 Å². The Bertz CT molecular complexity index is 631. The van der Waals surface area contributed by atoms with Crippen molar-refractivity contribution in [3.63, 3.8) is 0 Å². The molecule has 0 bridgehead atoms. The van der Waals surface area contributed by atoms with Gasteiger partial charge in [-0.1, -0.05) is 0 Å². The van der Waals surface area contributed by atoms with Gasteiger partial charge >= 0.3 is 0 Å². The van der Waals surface area contributed by atoms with Crippen molar-refractivity contribution < 1.29 is 4.79 Å². The molecular formula is C16H25N5O. The molecule has 0 aliphatic rings. The molecule has 0 fully saturated rings. The summed E-state index contributed by atoms with van der Waals surface area (Å²) in [4.78, 5) is 16.1. The molecule has 120 valence electrons. The first-order chi connectivity index (χ1) is 10.5. The Morgan fingerprint density at radius 3 is 2.59 bits per heavy atom. The molecule has 2 rings (SSSR count). The molecule has 6 heteroatoms. The topological polar surface area (TPSA) is 64.7 Å². The molecule has 1 N–H and O–H groups in total. The van der Waals surface area contributed by atoms with Crippen LogP contribution < -0.4 is 5.32 Å². The van der Waals surface area contributed by atoms with Gasteiger partial charge in [-0.25, -0.2) is 4.98 Å². The number of hydrogen-bond acceptors (Lipinski definition) is 3. The Morgan fingerprint density at radius 1 is 1.23 bits per heavy atom. The summed E-state index contributed by atoms with van der Waals surface area (Å²) in [5.74, 6) is 0.0935. The van der Waals surface area contributed by atoms with E-state index in [-0.39, 0.29) is 5.91 Å². The average molecular weight is 303 g/mol. The van der Waals surface area contributed by atoms with Crippen molar-refractivity contribution >= 4 is 5.91 Å². The lowest BCUT2D eigenvalue weighted by Gasteiger charge is -2.08. The molecule has 0 unspecified atom stereocenters. The highest BCUT2D eigenvalue weighted by Gasteiger charge is 2.05. The molecule has 0 radical (unpaired) electrons. The largest absolute Gasteiger partial charge is 0.354 e. The van der Waals surface area contributed by atoms with Crippen LogP contribution in [0.2, 0.25) is 0 Å². The van der Waals surface area contributed by atoms with E-state index < -0.39 is 0 Å². The summed E-state index contributed by atoms with van der Waals surface area (Å²) in [5.41, 5.74) is 4.35. The molecule has 2 aromatic rings. The Hall–Kier alpha value is -2.11. The Labute approximate surface area is 131 Å². The maximum absolute atomic E-state index is 11.8. The fourth-order valence-corrected chi connectivity index (χ4v) is 2.46. The molecule has 0 atom stereocenters. The molecule has 0 spiro atoms. The van der Waals surface area contributed by atoms with Gasteiger partial charge < -0.3 is 9.88 Å². The molecule has 0 aliphatic carbocycles. The maximum Gasteiger partial charge on any atom is 0.220 e. The van der Waals surface area contributed by atoms with Crippen LogP contribution in [0.25, 0.3) is 0 Å². The number of carbonyl (C=O) groups is 1. The fourth-order valence-electron chi connectivity index (χ4n) is 2.46. The second-order valence-corrected chi connectivity index (χ2v) is 5.71.